The Balaban J connectivity index is 1.96. The summed E-state index contributed by atoms with van der Waals surface area (Å²) in [6.45, 7) is 3.56. The first-order valence-corrected chi connectivity index (χ1v) is 9.96. The number of halogens is 3. The maximum absolute atomic E-state index is 13.6. The average Bonchev–Trinajstić information content (AvgIpc) is 2.77. The minimum atomic E-state index is -4.98. The van der Waals surface area contributed by atoms with Crippen LogP contribution in [0.15, 0.2) is 51.7 Å². The lowest BCUT2D eigenvalue weighted by molar-refractivity contribution is -0.154. The summed E-state index contributed by atoms with van der Waals surface area (Å²) >= 11 is 0. The van der Waals surface area contributed by atoms with Crippen molar-refractivity contribution in [3.8, 4) is 17.2 Å². The molecule has 1 heterocycles. The molecule has 170 valence electrons. The van der Waals surface area contributed by atoms with Gasteiger partial charge in [-0.3, -0.25) is 4.79 Å². The monoisotopic (exact) mass is 450 g/mol. The van der Waals surface area contributed by atoms with Gasteiger partial charge in [-0.1, -0.05) is 26.0 Å². The number of benzene rings is 2. The van der Waals surface area contributed by atoms with E-state index in [1.807, 2.05) is 13.8 Å². The van der Waals surface area contributed by atoms with Crippen molar-refractivity contribution in [1.29, 1.82) is 0 Å². The quantitative estimate of drug-likeness (QED) is 0.422. The van der Waals surface area contributed by atoms with E-state index < -0.39 is 35.7 Å². The summed E-state index contributed by atoms with van der Waals surface area (Å²) in [5, 5.41) is -0.126. The maximum atomic E-state index is 13.6. The van der Waals surface area contributed by atoms with Gasteiger partial charge in [-0.2, -0.15) is 13.2 Å². The zero-order valence-corrected chi connectivity index (χ0v) is 17.5. The first-order chi connectivity index (χ1) is 15.2. The lowest BCUT2D eigenvalue weighted by atomic mass is 10.1. The molecular weight excluding hydrogens is 429 g/mol. The van der Waals surface area contributed by atoms with Gasteiger partial charge in [0, 0.05) is 6.07 Å². The van der Waals surface area contributed by atoms with Gasteiger partial charge in [0.2, 0.25) is 11.2 Å². The van der Waals surface area contributed by atoms with E-state index in [2.05, 4.69) is 0 Å². The van der Waals surface area contributed by atoms with Gasteiger partial charge >= 0.3 is 12.1 Å². The summed E-state index contributed by atoms with van der Waals surface area (Å²) in [5.74, 6) is -3.02. The van der Waals surface area contributed by atoms with Crippen LogP contribution in [0.3, 0.4) is 0 Å². The Morgan fingerprint density at radius 2 is 1.72 bits per heavy atom. The van der Waals surface area contributed by atoms with E-state index in [4.69, 9.17) is 18.6 Å². The van der Waals surface area contributed by atoms with Crippen molar-refractivity contribution in [3.05, 3.63) is 64.0 Å². The van der Waals surface area contributed by atoms with Crippen LogP contribution in [0.5, 0.6) is 17.2 Å². The molecule has 0 bridgehead atoms. The van der Waals surface area contributed by atoms with Crippen LogP contribution >= 0.6 is 0 Å². The summed E-state index contributed by atoms with van der Waals surface area (Å²) in [5.41, 5.74) is -0.368. The van der Waals surface area contributed by atoms with Crippen LogP contribution in [0, 0.1) is 0 Å². The molecule has 3 rings (SSSR count). The first-order valence-electron chi connectivity index (χ1n) is 9.96. The Bertz CT molecular complexity index is 1150. The number of fused-ring (bicyclic) bond motifs is 1. The van der Waals surface area contributed by atoms with Crippen molar-refractivity contribution in [1.82, 2.24) is 0 Å². The minimum Gasteiger partial charge on any atom is -0.482 e. The van der Waals surface area contributed by atoms with Crippen molar-refractivity contribution in [2.75, 3.05) is 13.2 Å². The first kappa shape index (κ1) is 23.2. The summed E-state index contributed by atoms with van der Waals surface area (Å²) in [7, 11) is 0. The molecule has 0 aliphatic heterocycles. The Labute approximate surface area is 181 Å². The number of carbonyl (C=O) groups excluding carboxylic acids is 1. The van der Waals surface area contributed by atoms with Crippen LogP contribution in [0.1, 0.15) is 31.6 Å². The molecule has 0 N–H and O–H groups in total. The van der Waals surface area contributed by atoms with Gasteiger partial charge in [0.25, 0.3) is 5.76 Å². The summed E-state index contributed by atoms with van der Waals surface area (Å²) in [6.07, 6.45) is -3.60. The van der Waals surface area contributed by atoms with E-state index in [-0.39, 0.29) is 29.1 Å². The molecule has 0 saturated carbocycles. The Morgan fingerprint density at radius 1 is 1.03 bits per heavy atom. The zero-order valence-electron chi connectivity index (χ0n) is 17.5. The number of alkyl halides is 3. The predicted octanol–water partition coefficient (Wildman–Crippen LogP) is 5.50. The van der Waals surface area contributed by atoms with Crippen LogP contribution < -0.4 is 14.9 Å². The molecule has 0 aliphatic carbocycles. The molecule has 1 aromatic heterocycles. The second-order valence-electron chi connectivity index (χ2n) is 6.85. The standard InChI is InChI=1S/C23H21F3O6/c1-3-11-29-19(27)13-30-16-9-10-17-18(12-16)32-22(23(24,25)26)21(20(17)28)31-15-7-5-14(4-2)6-8-15/h5-10,12H,3-4,11,13H2,1-2H3. The highest BCUT2D eigenvalue weighted by molar-refractivity contribution is 5.80. The van der Waals surface area contributed by atoms with Crippen LogP contribution in [0.4, 0.5) is 13.2 Å². The van der Waals surface area contributed by atoms with E-state index in [0.29, 0.717) is 6.42 Å². The SMILES string of the molecule is CCCOC(=O)COc1ccc2c(=O)c(Oc3ccc(CC)cc3)c(C(F)(F)F)oc2c1. The molecule has 9 heteroatoms. The molecule has 2 aromatic carbocycles. The second-order valence-corrected chi connectivity index (χ2v) is 6.85. The maximum Gasteiger partial charge on any atom is 0.453 e. The van der Waals surface area contributed by atoms with Crippen LogP contribution in [-0.2, 0) is 22.1 Å². The van der Waals surface area contributed by atoms with Gasteiger partial charge < -0.3 is 18.6 Å². The largest absolute Gasteiger partial charge is 0.482 e. The molecule has 0 fully saturated rings. The summed E-state index contributed by atoms with van der Waals surface area (Å²) < 4.78 is 61.4. The van der Waals surface area contributed by atoms with Gasteiger partial charge in [-0.05, 0) is 42.7 Å². The fourth-order valence-corrected chi connectivity index (χ4v) is 2.84. The minimum absolute atomic E-state index is 0.0473. The number of hydrogen-bond donors (Lipinski definition) is 0. The van der Waals surface area contributed by atoms with E-state index >= 15 is 0 Å². The molecule has 0 atom stereocenters. The normalized spacial score (nSPS) is 11.4. The molecule has 3 aromatic rings. The molecule has 32 heavy (non-hydrogen) atoms. The Hall–Kier alpha value is -3.49. The van der Waals surface area contributed by atoms with Crippen LogP contribution in [0.2, 0.25) is 0 Å². The number of esters is 1. The molecule has 0 radical (unpaired) electrons. The third kappa shape index (κ3) is 5.40. The van der Waals surface area contributed by atoms with Gasteiger partial charge in [-0.15, -0.1) is 0 Å². The van der Waals surface area contributed by atoms with E-state index in [0.717, 1.165) is 18.1 Å². The van der Waals surface area contributed by atoms with Gasteiger partial charge in [-0.25, -0.2) is 4.79 Å². The molecule has 6 nitrogen and oxygen atoms in total. The number of aryl methyl sites for hydroxylation is 1. The highest BCUT2D eigenvalue weighted by atomic mass is 19.4. The fourth-order valence-electron chi connectivity index (χ4n) is 2.84. The smallest absolute Gasteiger partial charge is 0.453 e. The van der Waals surface area contributed by atoms with E-state index in [1.165, 1.54) is 24.3 Å². The molecule has 0 aliphatic rings. The third-order valence-corrected chi connectivity index (χ3v) is 4.46. The fraction of sp³-hybridized carbons (Fsp3) is 0.304. The topological polar surface area (TPSA) is 75.0 Å². The number of ether oxygens (including phenoxy) is 3. The molecule has 0 saturated heterocycles. The summed E-state index contributed by atoms with van der Waals surface area (Å²) in [6, 6.07) is 10.1. The Kier molecular flexibility index (Phi) is 7.07. The van der Waals surface area contributed by atoms with Crippen LogP contribution in [-0.4, -0.2) is 19.2 Å². The summed E-state index contributed by atoms with van der Waals surface area (Å²) in [4.78, 5) is 24.4. The molecule has 0 unspecified atom stereocenters. The zero-order chi connectivity index (χ0) is 23.3. The third-order valence-electron chi connectivity index (χ3n) is 4.46. The Morgan fingerprint density at radius 3 is 2.34 bits per heavy atom. The number of rotatable bonds is 8. The number of carbonyl (C=O) groups is 1. The highest BCUT2D eigenvalue weighted by Crippen LogP contribution is 2.38. The molecular formula is C23H21F3O6. The lowest BCUT2D eigenvalue weighted by Crippen LogP contribution is -2.16. The molecule has 0 spiro atoms. The van der Waals surface area contributed by atoms with Crippen molar-refractivity contribution >= 4 is 16.9 Å². The van der Waals surface area contributed by atoms with Crippen molar-refractivity contribution in [2.24, 2.45) is 0 Å². The van der Waals surface area contributed by atoms with E-state index in [9.17, 15) is 22.8 Å². The highest BCUT2D eigenvalue weighted by Gasteiger charge is 2.40. The van der Waals surface area contributed by atoms with Crippen molar-refractivity contribution in [3.63, 3.8) is 0 Å². The van der Waals surface area contributed by atoms with Gasteiger partial charge in [0.15, 0.2) is 6.61 Å². The van der Waals surface area contributed by atoms with E-state index in [1.54, 1.807) is 12.1 Å². The molecule has 0 amide bonds. The average molecular weight is 450 g/mol. The van der Waals surface area contributed by atoms with Crippen LogP contribution in [0.25, 0.3) is 11.0 Å². The predicted molar refractivity (Wildman–Crippen MR) is 110 cm³/mol. The number of hydrogen-bond acceptors (Lipinski definition) is 6. The van der Waals surface area contributed by atoms with Crippen molar-refractivity contribution in [2.45, 2.75) is 32.9 Å². The van der Waals surface area contributed by atoms with Crippen molar-refractivity contribution < 1.29 is 36.6 Å². The van der Waals surface area contributed by atoms with Gasteiger partial charge in [0.05, 0.1) is 12.0 Å². The lowest BCUT2D eigenvalue weighted by Gasteiger charge is -2.14. The second kappa shape index (κ2) is 9.76. The van der Waals surface area contributed by atoms with Gasteiger partial charge in [0.1, 0.15) is 17.1 Å².